The first kappa shape index (κ1) is 48.7. The van der Waals surface area contributed by atoms with Crippen LogP contribution in [-0.2, 0) is 23.9 Å². The van der Waals surface area contributed by atoms with Gasteiger partial charge in [-0.05, 0) is 44.9 Å². The molecule has 0 aromatic rings. The second-order valence-electron chi connectivity index (χ2n) is 12.7. The van der Waals surface area contributed by atoms with Crippen molar-refractivity contribution in [3.05, 3.63) is 72.9 Å². The Bertz CT molecular complexity index is 1330. The number of hydrogen-bond acceptors (Lipinski definition) is 7. The summed E-state index contributed by atoms with van der Waals surface area (Å²) in [6.45, 7) is 5.08. The molecule has 0 aliphatic heterocycles. The van der Waals surface area contributed by atoms with Gasteiger partial charge in [0.25, 0.3) is 5.91 Å². The second kappa shape index (κ2) is 31.3. The summed E-state index contributed by atoms with van der Waals surface area (Å²) in [7, 11) is 3.30. The topological polar surface area (TPSA) is 202 Å². The van der Waals surface area contributed by atoms with Gasteiger partial charge in [-0.1, -0.05) is 105 Å². The van der Waals surface area contributed by atoms with E-state index in [9.17, 15) is 24.3 Å². The molecule has 0 spiro atoms. The Balaban J connectivity index is 4.03. The number of aliphatic hydroxyl groups is 1. The summed E-state index contributed by atoms with van der Waals surface area (Å²) in [6, 6.07) is 0. The van der Waals surface area contributed by atoms with Crippen LogP contribution in [0.1, 0.15) is 78.6 Å². The van der Waals surface area contributed by atoms with Gasteiger partial charge in [0.15, 0.2) is 11.1 Å². The highest BCUT2D eigenvalue weighted by Crippen LogP contribution is 2.21. The Kier molecular flexibility index (Phi) is 28.8. The fraction of sp³-hybridized carbons (Fsp3) is 0.538. The van der Waals surface area contributed by atoms with Crippen molar-refractivity contribution >= 4 is 46.5 Å². The fourth-order valence-corrected chi connectivity index (χ4v) is 4.68. The van der Waals surface area contributed by atoms with Crippen LogP contribution in [-0.4, -0.2) is 97.0 Å². The minimum absolute atomic E-state index is 0.00539. The van der Waals surface area contributed by atoms with Gasteiger partial charge >= 0.3 is 0 Å². The van der Waals surface area contributed by atoms with Crippen LogP contribution in [0.4, 0.5) is 0 Å². The largest absolute Gasteiger partial charge is 0.383 e. The summed E-state index contributed by atoms with van der Waals surface area (Å²) in [5.41, 5.74) is 10.1. The zero-order chi connectivity index (χ0) is 39.7. The minimum Gasteiger partial charge on any atom is -0.383 e. The SMILES string of the molecule is CC/C=C\C/C=C\C/C=C\C/C=C\C/C=C\C/C=C\CCC(=O)SCCNC(=O)CCNC(=O)[C@H](O)C(C)(C)COCC(=O)N=C(N)/N=C(\N)N(C)C. The molecule has 13 nitrogen and oxygen atoms in total. The number of carbonyl (C=O) groups excluding carboxylic acids is 4. The van der Waals surface area contributed by atoms with Crippen LogP contribution < -0.4 is 22.1 Å². The van der Waals surface area contributed by atoms with Crippen LogP contribution >= 0.6 is 11.8 Å². The first-order chi connectivity index (χ1) is 25.3. The maximum absolute atomic E-state index is 12.4. The van der Waals surface area contributed by atoms with Crippen LogP contribution in [0.5, 0.6) is 0 Å². The molecule has 0 unspecified atom stereocenters. The van der Waals surface area contributed by atoms with Crippen LogP contribution in [0.3, 0.4) is 0 Å². The molecule has 0 aliphatic carbocycles. The molecule has 0 bridgehead atoms. The molecule has 0 fully saturated rings. The summed E-state index contributed by atoms with van der Waals surface area (Å²) in [5.74, 6) is -1.48. The van der Waals surface area contributed by atoms with Crippen molar-refractivity contribution in [2.75, 3.05) is 46.2 Å². The van der Waals surface area contributed by atoms with E-state index < -0.39 is 29.9 Å². The molecule has 0 aliphatic rings. The molecule has 14 heteroatoms. The van der Waals surface area contributed by atoms with Crippen molar-refractivity contribution in [2.24, 2.45) is 26.9 Å². The lowest BCUT2D eigenvalue weighted by molar-refractivity contribution is -0.139. The Hall–Kier alpha value is -4.27. The number of aliphatic imine (C=N–C) groups is 2. The molecule has 53 heavy (non-hydrogen) atoms. The first-order valence-corrected chi connectivity index (χ1v) is 19.0. The molecular formula is C39H63N7O6S. The Morgan fingerprint density at radius 1 is 0.792 bits per heavy atom. The van der Waals surface area contributed by atoms with Crippen molar-refractivity contribution in [1.82, 2.24) is 15.5 Å². The minimum atomic E-state index is -1.46. The van der Waals surface area contributed by atoms with Crippen LogP contribution in [0, 0.1) is 5.41 Å². The zero-order valence-electron chi connectivity index (χ0n) is 32.3. The fourth-order valence-electron chi connectivity index (χ4n) is 3.99. The molecular weight excluding hydrogens is 695 g/mol. The zero-order valence-corrected chi connectivity index (χ0v) is 33.1. The first-order valence-electron chi connectivity index (χ1n) is 18.0. The van der Waals surface area contributed by atoms with E-state index in [1.54, 1.807) is 27.9 Å². The second-order valence-corrected chi connectivity index (χ2v) is 13.8. The van der Waals surface area contributed by atoms with Gasteiger partial charge in [0.05, 0.1) is 6.61 Å². The number of hydrogen-bond donors (Lipinski definition) is 5. The molecule has 0 aromatic heterocycles. The quantitative estimate of drug-likeness (QED) is 0.0363. The van der Waals surface area contributed by atoms with E-state index in [1.165, 1.54) is 16.7 Å². The third-order valence-corrected chi connectivity index (χ3v) is 8.00. The molecule has 1 atom stereocenters. The van der Waals surface area contributed by atoms with E-state index in [-0.39, 0.29) is 42.5 Å². The Morgan fingerprint density at radius 2 is 1.32 bits per heavy atom. The van der Waals surface area contributed by atoms with Crippen LogP contribution in [0.25, 0.3) is 0 Å². The lowest BCUT2D eigenvalue weighted by atomic mass is 9.87. The number of aliphatic hydroxyl groups excluding tert-OH is 1. The van der Waals surface area contributed by atoms with Gasteiger partial charge in [0, 0.05) is 51.2 Å². The number of nitrogens with one attached hydrogen (secondary N) is 2. The highest BCUT2D eigenvalue weighted by atomic mass is 32.2. The van der Waals surface area contributed by atoms with E-state index in [4.69, 9.17) is 16.2 Å². The number of guanidine groups is 2. The van der Waals surface area contributed by atoms with Crippen molar-refractivity contribution in [1.29, 1.82) is 0 Å². The number of ether oxygens (including phenoxy) is 1. The van der Waals surface area contributed by atoms with Gasteiger partial charge < -0.3 is 36.8 Å². The lowest BCUT2D eigenvalue weighted by Crippen LogP contribution is -2.46. The van der Waals surface area contributed by atoms with Gasteiger partial charge in [-0.2, -0.15) is 9.98 Å². The Labute approximate surface area is 320 Å². The highest BCUT2D eigenvalue weighted by Gasteiger charge is 2.34. The van der Waals surface area contributed by atoms with Gasteiger partial charge in [0.1, 0.15) is 12.7 Å². The van der Waals surface area contributed by atoms with Crippen LogP contribution in [0.2, 0.25) is 0 Å². The number of nitrogens with zero attached hydrogens (tertiary/aromatic N) is 3. The van der Waals surface area contributed by atoms with E-state index in [0.717, 1.165) is 38.5 Å². The summed E-state index contributed by atoms with van der Waals surface area (Å²) in [5, 5.41) is 15.8. The molecule has 0 rings (SSSR count). The molecule has 0 radical (unpaired) electrons. The number of nitrogens with two attached hydrogens (primary N) is 2. The predicted octanol–water partition coefficient (Wildman–Crippen LogP) is 4.47. The molecule has 296 valence electrons. The summed E-state index contributed by atoms with van der Waals surface area (Å²) >= 11 is 1.18. The molecule has 7 N–H and O–H groups in total. The standard InChI is InChI=1S/C39H63N7O6S/c1-6-7-8-9-10-11-12-13-14-15-16-17-18-19-20-21-22-23-24-25-34(49)53-29-28-42-32(47)26-27-43-36(51)35(50)39(2,3)31-52-30-33(48)44-37(40)45-38(41)46(4)5/h7-8,10-11,13-14,16-17,19-20,22-23,35,50H,6,9,12,15,18,21,24-31H2,1-5H3,(H,42,47)(H,43,51)(H4,40,41,44,45,48)/b8-7-,11-10-,14-13-,17-16-,20-19-,23-22-/t35-/m0/s1. The van der Waals surface area contributed by atoms with Crippen molar-refractivity contribution < 1.29 is 29.0 Å². The number of amides is 3. The Morgan fingerprint density at radius 3 is 1.85 bits per heavy atom. The molecule has 0 saturated heterocycles. The molecule has 0 aromatic carbocycles. The normalized spacial score (nSPS) is 13.7. The summed E-state index contributed by atoms with van der Waals surface area (Å²) < 4.78 is 5.33. The van der Waals surface area contributed by atoms with E-state index in [0.29, 0.717) is 25.1 Å². The number of allylic oxidation sites excluding steroid dienone is 12. The monoisotopic (exact) mass is 757 g/mol. The maximum Gasteiger partial charge on any atom is 0.274 e. The van der Waals surface area contributed by atoms with Gasteiger partial charge in [-0.3, -0.25) is 19.2 Å². The van der Waals surface area contributed by atoms with Gasteiger partial charge in [0.2, 0.25) is 17.8 Å². The van der Waals surface area contributed by atoms with Crippen molar-refractivity contribution in [2.45, 2.75) is 84.7 Å². The maximum atomic E-state index is 12.4. The third-order valence-electron chi connectivity index (χ3n) is 7.06. The number of rotatable bonds is 26. The van der Waals surface area contributed by atoms with E-state index in [2.05, 4.69) is 94.4 Å². The van der Waals surface area contributed by atoms with E-state index in [1.807, 2.05) is 6.08 Å². The summed E-state index contributed by atoms with van der Waals surface area (Å²) in [4.78, 5) is 57.5. The number of thioether (sulfide) groups is 1. The lowest BCUT2D eigenvalue weighted by Gasteiger charge is -2.29. The van der Waals surface area contributed by atoms with E-state index >= 15 is 0 Å². The van der Waals surface area contributed by atoms with Crippen LogP contribution in [0.15, 0.2) is 82.9 Å². The highest BCUT2D eigenvalue weighted by molar-refractivity contribution is 8.13. The third kappa shape index (κ3) is 28.9. The number of carbonyl (C=O) groups is 4. The van der Waals surface area contributed by atoms with Gasteiger partial charge in [-0.25, -0.2) is 0 Å². The molecule has 0 saturated carbocycles. The summed E-state index contributed by atoms with van der Waals surface area (Å²) in [6.07, 6.45) is 31.1. The van der Waals surface area contributed by atoms with Crippen molar-refractivity contribution in [3.8, 4) is 0 Å². The molecule has 3 amide bonds. The van der Waals surface area contributed by atoms with Gasteiger partial charge in [-0.15, -0.1) is 0 Å². The average molecular weight is 758 g/mol. The average Bonchev–Trinajstić information content (AvgIpc) is 3.10. The molecule has 0 heterocycles. The predicted molar refractivity (Wildman–Crippen MR) is 218 cm³/mol. The smallest absolute Gasteiger partial charge is 0.274 e. The van der Waals surface area contributed by atoms with Crippen molar-refractivity contribution in [3.63, 3.8) is 0 Å².